The molecule has 2 rings (SSSR count). The number of sulfone groups is 1. The zero-order chi connectivity index (χ0) is 19.6. The molecule has 142 valence electrons. The summed E-state index contributed by atoms with van der Waals surface area (Å²) in [6.45, 7) is 1.50. The van der Waals surface area contributed by atoms with Crippen molar-refractivity contribution in [3.05, 3.63) is 28.5 Å². The second-order valence-electron chi connectivity index (χ2n) is 5.42. The second-order valence-corrected chi connectivity index (χ2v) is 8.05. The first-order valence-corrected chi connectivity index (χ1v) is 10.1. The van der Waals surface area contributed by atoms with Crippen molar-refractivity contribution in [1.29, 1.82) is 0 Å². The van der Waals surface area contributed by atoms with Gasteiger partial charge < -0.3 is 10.1 Å². The second kappa shape index (κ2) is 7.81. The Bertz CT molecular complexity index is 947. The predicted molar refractivity (Wildman–Crippen MR) is 95.8 cm³/mol. The van der Waals surface area contributed by atoms with Gasteiger partial charge in [-0.05, 0) is 19.1 Å². The van der Waals surface area contributed by atoms with Crippen molar-refractivity contribution in [2.75, 3.05) is 13.3 Å². The standard InChI is InChI=1S/C15H16Cl2FN3O4S/c1-7(14(22)19-2)25-12-4-8(11(18)5-10(12)17)13-9(6-16)15(21-20-13)26(3,23)24/h4-5,7H,6H2,1-3H3,(H,19,22)(H,20,21). The van der Waals surface area contributed by atoms with Gasteiger partial charge in [0.2, 0.25) is 0 Å². The third kappa shape index (κ3) is 4.11. The largest absolute Gasteiger partial charge is 0.479 e. The smallest absolute Gasteiger partial charge is 0.260 e. The number of ether oxygens (including phenoxy) is 1. The third-order valence-corrected chi connectivity index (χ3v) is 5.17. The zero-order valence-electron chi connectivity index (χ0n) is 14.1. The van der Waals surface area contributed by atoms with E-state index in [4.69, 9.17) is 27.9 Å². The van der Waals surface area contributed by atoms with E-state index in [0.717, 1.165) is 12.3 Å². The lowest BCUT2D eigenvalue weighted by Crippen LogP contribution is -2.33. The van der Waals surface area contributed by atoms with Crippen LogP contribution in [0.15, 0.2) is 17.2 Å². The van der Waals surface area contributed by atoms with Gasteiger partial charge in [-0.25, -0.2) is 12.8 Å². The Kier molecular flexibility index (Phi) is 6.15. The Morgan fingerprint density at radius 3 is 2.65 bits per heavy atom. The number of carbonyl (C=O) groups is 1. The highest BCUT2D eigenvalue weighted by atomic mass is 35.5. The first-order chi connectivity index (χ1) is 12.1. The molecule has 1 aromatic carbocycles. The molecule has 26 heavy (non-hydrogen) atoms. The molecule has 0 fully saturated rings. The molecule has 1 amide bonds. The number of halogens is 3. The van der Waals surface area contributed by atoms with Crippen molar-refractivity contribution in [1.82, 2.24) is 15.5 Å². The maximum Gasteiger partial charge on any atom is 0.260 e. The van der Waals surface area contributed by atoms with E-state index >= 15 is 0 Å². The molecule has 0 radical (unpaired) electrons. The molecule has 1 aromatic heterocycles. The van der Waals surface area contributed by atoms with Crippen molar-refractivity contribution in [2.45, 2.75) is 23.9 Å². The van der Waals surface area contributed by atoms with Crippen LogP contribution in [0.25, 0.3) is 11.3 Å². The SMILES string of the molecule is CNC(=O)C(C)Oc1cc(-c2n[nH]c(S(C)(=O)=O)c2CCl)c(F)cc1Cl. The number of amides is 1. The molecule has 0 spiro atoms. The van der Waals surface area contributed by atoms with Gasteiger partial charge in [-0.1, -0.05) is 11.6 Å². The monoisotopic (exact) mass is 423 g/mol. The Morgan fingerprint density at radius 2 is 2.12 bits per heavy atom. The van der Waals surface area contributed by atoms with Gasteiger partial charge in [-0.15, -0.1) is 11.6 Å². The number of hydrogen-bond donors (Lipinski definition) is 2. The van der Waals surface area contributed by atoms with Gasteiger partial charge in [0.05, 0.1) is 10.9 Å². The van der Waals surface area contributed by atoms with E-state index in [-0.39, 0.29) is 38.5 Å². The van der Waals surface area contributed by atoms with Crippen LogP contribution in [0.3, 0.4) is 0 Å². The fourth-order valence-electron chi connectivity index (χ4n) is 2.25. The molecule has 1 heterocycles. The summed E-state index contributed by atoms with van der Waals surface area (Å²) in [6, 6.07) is 2.24. The van der Waals surface area contributed by atoms with Crippen LogP contribution in [0.5, 0.6) is 5.75 Å². The molecule has 0 aliphatic heterocycles. The van der Waals surface area contributed by atoms with Gasteiger partial charge >= 0.3 is 0 Å². The molecule has 11 heteroatoms. The van der Waals surface area contributed by atoms with Crippen molar-refractivity contribution in [3.8, 4) is 17.0 Å². The Morgan fingerprint density at radius 1 is 1.46 bits per heavy atom. The van der Waals surface area contributed by atoms with E-state index in [9.17, 15) is 17.6 Å². The van der Waals surface area contributed by atoms with Gasteiger partial charge in [-0.3, -0.25) is 9.89 Å². The summed E-state index contributed by atoms with van der Waals surface area (Å²) in [7, 11) is -2.19. The molecule has 2 aromatic rings. The third-order valence-electron chi connectivity index (χ3n) is 3.53. The van der Waals surface area contributed by atoms with Gasteiger partial charge in [0.25, 0.3) is 5.91 Å². The summed E-state index contributed by atoms with van der Waals surface area (Å²) in [5.41, 5.74) is 0.0861. The minimum Gasteiger partial charge on any atom is -0.479 e. The summed E-state index contributed by atoms with van der Waals surface area (Å²) < 4.78 is 43.5. The average molecular weight is 424 g/mol. The van der Waals surface area contributed by atoms with Gasteiger partial charge in [-0.2, -0.15) is 5.10 Å². The number of nitrogens with zero attached hydrogens (tertiary/aromatic N) is 1. The number of aromatic nitrogens is 2. The lowest BCUT2D eigenvalue weighted by atomic mass is 10.1. The normalized spacial score (nSPS) is 12.7. The molecular formula is C15H16Cl2FN3O4S. The van der Waals surface area contributed by atoms with Crippen LogP contribution < -0.4 is 10.1 Å². The molecule has 7 nitrogen and oxygen atoms in total. The first-order valence-electron chi connectivity index (χ1n) is 7.31. The van der Waals surface area contributed by atoms with Crippen molar-refractivity contribution in [3.63, 3.8) is 0 Å². The highest BCUT2D eigenvalue weighted by Crippen LogP contribution is 2.36. The van der Waals surface area contributed by atoms with Crippen molar-refractivity contribution >= 4 is 38.9 Å². The maximum atomic E-state index is 14.4. The summed E-state index contributed by atoms with van der Waals surface area (Å²) in [6.07, 6.45) is 0.104. The van der Waals surface area contributed by atoms with Crippen LogP contribution in [-0.4, -0.2) is 43.9 Å². The molecule has 1 unspecified atom stereocenters. The molecule has 0 saturated carbocycles. The van der Waals surface area contributed by atoms with E-state index in [1.54, 1.807) is 0 Å². The number of alkyl halides is 1. The number of benzene rings is 1. The Labute approximate surface area is 159 Å². The van der Waals surface area contributed by atoms with Crippen LogP contribution in [0, 0.1) is 5.82 Å². The highest BCUT2D eigenvalue weighted by molar-refractivity contribution is 7.90. The summed E-state index contributed by atoms with van der Waals surface area (Å²) in [4.78, 5) is 11.6. The lowest BCUT2D eigenvalue weighted by molar-refractivity contribution is -0.126. The maximum absolute atomic E-state index is 14.4. The van der Waals surface area contributed by atoms with Crippen LogP contribution in [0.2, 0.25) is 5.02 Å². The molecule has 1 atom stereocenters. The fraction of sp³-hybridized carbons (Fsp3) is 0.333. The first kappa shape index (κ1) is 20.5. The van der Waals surface area contributed by atoms with Crippen LogP contribution >= 0.6 is 23.2 Å². The fourth-order valence-corrected chi connectivity index (χ4v) is 3.61. The molecule has 0 aliphatic carbocycles. The number of rotatable bonds is 6. The number of carbonyl (C=O) groups excluding carboxylic acids is 1. The van der Waals surface area contributed by atoms with E-state index < -0.39 is 27.7 Å². The van der Waals surface area contributed by atoms with Crippen molar-refractivity contribution in [2.24, 2.45) is 0 Å². The summed E-state index contributed by atoms with van der Waals surface area (Å²) in [5, 5.41) is 8.42. The van der Waals surface area contributed by atoms with Gasteiger partial charge in [0.15, 0.2) is 21.0 Å². The van der Waals surface area contributed by atoms with Crippen molar-refractivity contribution < 1.29 is 22.3 Å². The minimum absolute atomic E-state index is 0.0204. The van der Waals surface area contributed by atoms with E-state index in [2.05, 4.69) is 15.5 Å². The number of H-pyrrole nitrogens is 1. The van der Waals surface area contributed by atoms with E-state index in [1.807, 2.05) is 0 Å². The number of hydrogen-bond acceptors (Lipinski definition) is 5. The van der Waals surface area contributed by atoms with Gasteiger partial charge in [0, 0.05) is 24.4 Å². The Hall–Kier alpha value is -1.84. The summed E-state index contributed by atoms with van der Waals surface area (Å²) >= 11 is 11.8. The van der Waals surface area contributed by atoms with Crippen LogP contribution in [0.1, 0.15) is 12.5 Å². The molecule has 0 bridgehead atoms. The number of aromatic amines is 1. The minimum atomic E-state index is -3.63. The average Bonchev–Trinajstić information content (AvgIpc) is 3.00. The molecule has 2 N–H and O–H groups in total. The molecular weight excluding hydrogens is 408 g/mol. The predicted octanol–water partition coefficient (Wildman–Crippen LogP) is 2.52. The number of likely N-dealkylation sites (N-methyl/N-ethyl adjacent to an activating group) is 1. The molecule has 0 aliphatic rings. The van der Waals surface area contributed by atoms with E-state index in [1.165, 1.54) is 20.0 Å². The van der Waals surface area contributed by atoms with Crippen LogP contribution in [0.4, 0.5) is 4.39 Å². The topological polar surface area (TPSA) is 101 Å². The van der Waals surface area contributed by atoms with E-state index in [0.29, 0.717) is 0 Å². The van der Waals surface area contributed by atoms with Crippen LogP contribution in [-0.2, 0) is 20.5 Å². The summed E-state index contributed by atoms with van der Waals surface area (Å²) in [5.74, 6) is -1.30. The number of nitrogens with one attached hydrogen (secondary N) is 2. The molecule has 0 saturated heterocycles. The lowest BCUT2D eigenvalue weighted by Gasteiger charge is -2.15. The zero-order valence-corrected chi connectivity index (χ0v) is 16.4. The Balaban J connectivity index is 2.56. The van der Waals surface area contributed by atoms with Gasteiger partial charge in [0.1, 0.15) is 17.3 Å². The highest BCUT2D eigenvalue weighted by Gasteiger charge is 2.24. The quantitative estimate of drug-likeness (QED) is 0.695.